The van der Waals surface area contributed by atoms with Gasteiger partial charge in [-0.15, -0.1) is 5.10 Å². The molecule has 14 heteroatoms. The van der Waals surface area contributed by atoms with Gasteiger partial charge in [0.15, 0.2) is 17.2 Å². The van der Waals surface area contributed by atoms with Gasteiger partial charge in [-0.05, 0) is 68.6 Å². The first-order valence-corrected chi connectivity index (χ1v) is 13.4. The molecule has 208 valence electrons. The van der Waals surface area contributed by atoms with E-state index in [0.717, 1.165) is 10.2 Å². The highest BCUT2D eigenvalue weighted by Gasteiger charge is 2.26. The Labute approximate surface area is 247 Å². The number of nitrogens with two attached hydrogens (primary N) is 1. The Morgan fingerprint density at radius 3 is 2.63 bits per heavy atom. The summed E-state index contributed by atoms with van der Waals surface area (Å²) in [5.74, 6) is 0.391. The molecule has 0 unspecified atom stereocenters. The molecule has 0 bridgehead atoms. The van der Waals surface area contributed by atoms with Crippen molar-refractivity contribution in [1.82, 2.24) is 30.7 Å². The zero-order valence-electron chi connectivity index (χ0n) is 21.5. The fraction of sp³-hybridized carbons (Fsp3) is 0.111. The highest BCUT2D eigenvalue weighted by molar-refractivity contribution is 9.10. The standard InChI is InChI=1S/C27H22BrClN8O4/c1-2-39-21-13-17(12-20(28)24(21)40-15-16-8-10-19(29)11-9-16)14-31-33-27(38)23-22(18-6-4-3-5-7-18)32-36-37(23)26-25(30)34-41-35-26/h3-14H,2,15H2,1H3,(H2,30,34)(H,33,38)/b31-14+. The molecule has 0 aliphatic rings. The first kappa shape index (κ1) is 27.8. The van der Waals surface area contributed by atoms with Gasteiger partial charge in [-0.1, -0.05) is 59.3 Å². The number of nitrogens with one attached hydrogen (secondary N) is 1. The summed E-state index contributed by atoms with van der Waals surface area (Å²) in [7, 11) is 0. The van der Waals surface area contributed by atoms with Crippen molar-refractivity contribution in [3.8, 4) is 28.6 Å². The second kappa shape index (κ2) is 12.6. The molecular weight excluding hydrogens is 616 g/mol. The number of amides is 1. The molecule has 2 aromatic heterocycles. The normalized spacial score (nSPS) is 11.1. The molecule has 0 spiro atoms. The Kier molecular flexibility index (Phi) is 8.56. The van der Waals surface area contributed by atoms with Crippen LogP contribution in [-0.4, -0.2) is 44.0 Å². The van der Waals surface area contributed by atoms with Crippen molar-refractivity contribution in [3.63, 3.8) is 0 Å². The largest absolute Gasteiger partial charge is 0.490 e. The summed E-state index contributed by atoms with van der Waals surface area (Å²) in [6.45, 7) is 2.60. The summed E-state index contributed by atoms with van der Waals surface area (Å²) in [5, 5.41) is 20.3. The summed E-state index contributed by atoms with van der Waals surface area (Å²) >= 11 is 9.52. The van der Waals surface area contributed by atoms with Crippen LogP contribution in [0.3, 0.4) is 0 Å². The van der Waals surface area contributed by atoms with Gasteiger partial charge in [0.25, 0.3) is 5.91 Å². The molecule has 5 aromatic rings. The molecule has 3 N–H and O–H groups in total. The third-order valence-corrected chi connectivity index (χ3v) is 6.48. The maximum absolute atomic E-state index is 13.3. The molecule has 0 radical (unpaired) electrons. The number of hydrogen-bond donors (Lipinski definition) is 2. The predicted octanol–water partition coefficient (Wildman–Crippen LogP) is 5.06. The van der Waals surface area contributed by atoms with Gasteiger partial charge in [-0.3, -0.25) is 4.79 Å². The second-order valence-electron chi connectivity index (χ2n) is 8.41. The fourth-order valence-corrected chi connectivity index (χ4v) is 4.48. The van der Waals surface area contributed by atoms with Gasteiger partial charge in [-0.2, -0.15) is 9.78 Å². The van der Waals surface area contributed by atoms with Crippen LogP contribution in [-0.2, 0) is 6.61 Å². The highest BCUT2D eigenvalue weighted by Crippen LogP contribution is 2.37. The topological polar surface area (TPSA) is 156 Å². The molecule has 0 saturated heterocycles. The van der Waals surface area contributed by atoms with Crippen molar-refractivity contribution in [1.29, 1.82) is 0 Å². The number of carbonyl (C=O) groups excluding carboxylic acids is 1. The Hall–Kier alpha value is -4.75. The quantitative estimate of drug-likeness (QED) is 0.158. The fourth-order valence-electron chi connectivity index (χ4n) is 3.78. The van der Waals surface area contributed by atoms with E-state index < -0.39 is 5.91 Å². The van der Waals surface area contributed by atoms with E-state index in [-0.39, 0.29) is 17.3 Å². The van der Waals surface area contributed by atoms with Gasteiger partial charge in [0.2, 0.25) is 11.6 Å². The van der Waals surface area contributed by atoms with Crippen LogP contribution in [0.2, 0.25) is 5.02 Å². The summed E-state index contributed by atoms with van der Waals surface area (Å²) in [4.78, 5) is 13.3. The van der Waals surface area contributed by atoms with Crippen LogP contribution in [0.15, 0.2) is 80.9 Å². The van der Waals surface area contributed by atoms with Gasteiger partial charge in [-0.25, -0.2) is 10.1 Å². The molecule has 3 aromatic carbocycles. The van der Waals surface area contributed by atoms with Gasteiger partial charge in [0, 0.05) is 10.6 Å². The molecular formula is C27H22BrClN8O4. The monoisotopic (exact) mass is 636 g/mol. The van der Waals surface area contributed by atoms with Crippen molar-refractivity contribution >= 4 is 45.5 Å². The Morgan fingerprint density at radius 1 is 1.15 bits per heavy atom. The first-order chi connectivity index (χ1) is 19.9. The molecule has 0 aliphatic heterocycles. The van der Waals surface area contributed by atoms with Crippen LogP contribution in [0.5, 0.6) is 11.5 Å². The number of halogens is 2. The van der Waals surface area contributed by atoms with Crippen LogP contribution in [0.25, 0.3) is 17.1 Å². The van der Waals surface area contributed by atoms with Gasteiger partial charge in [0.05, 0.1) is 17.3 Å². The zero-order valence-corrected chi connectivity index (χ0v) is 23.8. The van der Waals surface area contributed by atoms with Crippen LogP contribution >= 0.6 is 27.5 Å². The smallest absolute Gasteiger partial charge is 0.292 e. The minimum absolute atomic E-state index is 0.0216. The van der Waals surface area contributed by atoms with Crippen molar-refractivity contribution in [2.45, 2.75) is 13.5 Å². The zero-order chi connectivity index (χ0) is 28.8. The van der Waals surface area contributed by atoms with E-state index >= 15 is 0 Å². The summed E-state index contributed by atoms with van der Waals surface area (Å²) in [6, 6.07) is 20.0. The molecule has 0 atom stereocenters. The maximum Gasteiger partial charge on any atom is 0.292 e. The average molecular weight is 638 g/mol. The van der Waals surface area contributed by atoms with Crippen LogP contribution < -0.4 is 20.6 Å². The van der Waals surface area contributed by atoms with Crippen LogP contribution in [0, 0.1) is 0 Å². The molecule has 0 aliphatic carbocycles. The van der Waals surface area contributed by atoms with Crippen LogP contribution in [0.4, 0.5) is 5.82 Å². The van der Waals surface area contributed by atoms with E-state index in [2.05, 4.69) is 51.7 Å². The molecule has 5 rings (SSSR count). The van der Waals surface area contributed by atoms with E-state index in [9.17, 15) is 4.79 Å². The lowest BCUT2D eigenvalue weighted by molar-refractivity contribution is 0.0947. The molecule has 2 heterocycles. The number of aromatic nitrogens is 5. The van der Waals surface area contributed by atoms with Crippen molar-refractivity contribution < 1.29 is 18.9 Å². The third-order valence-electron chi connectivity index (χ3n) is 5.64. The number of carbonyl (C=O) groups is 1. The summed E-state index contributed by atoms with van der Waals surface area (Å²) < 4.78 is 18.3. The number of nitrogen functional groups attached to an aromatic ring is 1. The predicted molar refractivity (Wildman–Crippen MR) is 155 cm³/mol. The SMILES string of the molecule is CCOc1cc(/C=N/NC(=O)c2c(-c3ccccc3)nnn2-c2nonc2N)cc(Br)c1OCc1ccc(Cl)cc1. The highest BCUT2D eigenvalue weighted by atomic mass is 79.9. The number of hydrogen-bond acceptors (Lipinski definition) is 10. The van der Waals surface area contributed by atoms with E-state index in [1.54, 1.807) is 36.4 Å². The van der Waals surface area contributed by atoms with Gasteiger partial charge in [0.1, 0.15) is 12.3 Å². The number of ether oxygens (including phenoxy) is 2. The minimum atomic E-state index is -0.612. The molecule has 0 saturated carbocycles. The Balaban J connectivity index is 1.38. The Morgan fingerprint density at radius 2 is 1.93 bits per heavy atom. The number of anilines is 1. The van der Waals surface area contributed by atoms with Gasteiger partial charge >= 0.3 is 0 Å². The van der Waals surface area contributed by atoms with E-state index in [1.807, 2.05) is 37.3 Å². The molecule has 1 amide bonds. The third kappa shape index (κ3) is 6.36. The average Bonchev–Trinajstić information content (AvgIpc) is 3.60. The van der Waals surface area contributed by atoms with Crippen molar-refractivity contribution in [2.24, 2.45) is 5.10 Å². The van der Waals surface area contributed by atoms with E-state index in [1.165, 1.54) is 6.21 Å². The van der Waals surface area contributed by atoms with E-state index in [0.29, 0.717) is 51.0 Å². The number of rotatable bonds is 10. The number of hydrazone groups is 1. The Bertz CT molecular complexity index is 1690. The number of nitrogens with zero attached hydrogens (tertiary/aromatic N) is 6. The van der Waals surface area contributed by atoms with Crippen LogP contribution in [0.1, 0.15) is 28.5 Å². The first-order valence-electron chi connectivity index (χ1n) is 12.2. The lowest BCUT2D eigenvalue weighted by Gasteiger charge is -2.14. The lowest BCUT2D eigenvalue weighted by Crippen LogP contribution is -2.22. The minimum Gasteiger partial charge on any atom is -0.490 e. The van der Waals surface area contributed by atoms with E-state index in [4.69, 9.17) is 26.8 Å². The number of benzene rings is 3. The van der Waals surface area contributed by atoms with Gasteiger partial charge < -0.3 is 15.2 Å². The summed E-state index contributed by atoms with van der Waals surface area (Å²) in [6.07, 6.45) is 1.47. The molecule has 0 fully saturated rings. The maximum atomic E-state index is 13.3. The molecule has 12 nitrogen and oxygen atoms in total. The second-order valence-corrected chi connectivity index (χ2v) is 9.71. The summed E-state index contributed by atoms with van der Waals surface area (Å²) in [5.41, 5.74) is 10.9. The molecule has 41 heavy (non-hydrogen) atoms. The van der Waals surface area contributed by atoms with Crippen molar-refractivity contribution in [3.05, 3.63) is 93.0 Å². The lowest BCUT2D eigenvalue weighted by atomic mass is 10.1. The van der Waals surface area contributed by atoms with Crippen molar-refractivity contribution in [2.75, 3.05) is 12.3 Å².